The molecule has 0 bridgehead atoms. The Morgan fingerprint density at radius 1 is 0.946 bits per heavy atom. The highest BCUT2D eigenvalue weighted by molar-refractivity contribution is 7.80. The number of benzene rings is 2. The summed E-state index contributed by atoms with van der Waals surface area (Å²) in [6.45, 7) is 3.65. The first-order valence-electron chi connectivity index (χ1n) is 11.7. The number of nitrogens with zero attached hydrogens (tertiary/aromatic N) is 3. The van der Waals surface area contributed by atoms with Gasteiger partial charge in [-0.15, -0.1) is 0 Å². The van der Waals surface area contributed by atoms with E-state index in [1.807, 2.05) is 67.3 Å². The summed E-state index contributed by atoms with van der Waals surface area (Å²) >= 11 is 5.81. The molecular formula is C28H25F3N4OS. The molecule has 0 aliphatic carbocycles. The van der Waals surface area contributed by atoms with Gasteiger partial charge in [-0.05, 0) is 74.1 Å². The third-order valence-electron chi connectivity index (χ3n) is 6.68. The molecule has 2 atom stereocenters. The van der Waals surface area contributed by atoms with Crippen molar-refractivity contribution in [2.24, 2.45) is 0 Å². The van der Waals surface area contributed by atoms with Gasteiger partial charge in [0.25, 0.3) is 0 Å². The van der Waals surface area contributed by atoms with Crippen LogP contribution in [0.2, 0.25) is 0 Å². The van der Waals surface area contributed by atoms with Gasteiger partial charge in [0.1, 0.15) is 5.75 Å². The second kappa shape index (κ2) is 9.55. The number of thiocarbonyl (C=S) groups is 1. The van der Waals surface area contributed by atoms with Crippen LogP contribution in [0.25, 0.3) is 5.69 Å². The van der Waals surface area contributed by atoms with Crippen molar-refractivity contribution in [3.63, 3.8) is 0 Å². The van der Waals surface area contributed by atoms with Gasteiger partial charge in [0.15, 0.2) is 5.11 Å². The monoisotopic (exact) mass is 522 g/mol. The lowest BCUT2D eigenvalue weighted by Gasteiger charge is -2.29. The van der Waals surface area contributed by atoms with Crippen molar-refractivity contribution in [2.75, 3.05) is 12.0 Å². The Morgan fingerprint density at radius 3 is 2.30 bits per heavy atom. The Morgan fingerprint density at radius 2 is 1.62 bits per heavy atom. The molecular weight excluding hydrogens is 497 g/mol. The van der Waals surface area contributed by atoms with E-state index in [-0.39, 0.29) is 11.7 Å². The number of nitrogens with one attached hydrogen (secondary N) is 1. The lowest BCUT2D eigenvalue weighted by molar-refractivity contribution is -0.137. The number of ether oxygens (including phenoxy) is 1. The van der Waals surface area contributed by atoms with E-state index in [0.29, 0.717) is 22.2 Å². The molecule has 4 aromatic rings. The second-order valence-corrected chi connectivity index (χ2v) is 9.23. The van der Waals surface area contributed by atoms with Crippen LogP contribution in [0.1, 0.15) is 40.3 Å². The minimum Gasteiger partial charge on any atom is -0.495 e. The van der Waals surface area contributed by atoms with Crippen LogP contribution in [-0.2, 0) is 6.18 Å². The molecule has 9 heteroatoms. The summed E-state index contributed by atoms with van der Waals surface area (Å²) < 4.78 is 49.1. The number of hydrogen-bond donors (Lipinski definition) is 1. The molecule has 2 aromatic heterocycles. The average Bonchev–Trinajstić information content (AvgIpc) is 3.38. The summed E-state index contributed by atoms with van der Waals surface area (Å²) in [7, 11) is 1.59. The Hall–Kier alpha value is -3.85. The van der Waals surface area contributed by atoms with Gasteiger partial charge in [0.05, 0.1) is 41.8 Å². The van der Waals surface area contributed by atoms with Crippen LogP contribution < -0.4 is 15.0 Å². The summed E-state index contributed by atoms with van der Waals surface area (Å²) in [5, 5.41) is 3.88. The number of rotatable bonds is 5. The fourth-order valence-corrected chi connectivity index (χ4v) is 5.46. The molecule has 0 unspecified atom stereocenters. The molecule has 190 valence electrons. The summed E-state index contributed by atoms with van der Waals surface area (Å²) in [6, 6.07) is 20.0. The molecule has 0 radical (unpaired) electrons. The Bertz CT molecular complexity index is 1450. The zero-order valence-corrected chi connectivity index (χ0v) is 21.3. The SMILES string of the molecule is COc1ccccc1N1C(=S)N[C@H](c2ccccn2)[C@H]1c1cc(C)n(-c2ccccc2C(F)(F)F)c1C. The molecule has 37 heavy (non-hydrogen) atoms. The molecule has 3 heterocycles. The van der Waals surface area contributed by atoms with Crippen molar-refractivity contribution in [1.29, 1.82) is 0 Å². The van der Waals surface area contributed by atoms with Gasteiger partial charge >= 0.3 is 6.18 Å². The van der Waals surface area contributed by atoms with Crippen molar-refractivity contribution >= 4 is 23.0 Å². The topological polar surface area (TPSA) is 42.3 Å². The lowest BCUT2D eigenvalue weighted by Crippen LogP contribution is -2.30. The van der Waals surface area contributed by atoms with Gasteiger partial charge in [-0.25, -0.2) is 0 Å². The van der Waals surface area contributed by atoms with E-state index in [2.05, 4.69) is 10.3 Å². The number of aromatic nitrogens is 2. The highest BCUT2D eigenvalue weighted by Gasteiger charge is 2.43. The van der Waals surface area contributed by atoms with Crippen molar-refractivity contribution in [3.8, 4) is 11.4 Å². The largest absolute Gasteiger partial charge is 0.495 e. The van der Waals surface area contributed by atoms with Crippen LogP contribution in [-0.4, -0.2) is 21.8 Å². The first-order chi connectivity index (χ1) is 17.7. The number of halogens is 3. The van der Waals surface area contributed by atoms with Gasteiger partial charge in [-0.2, -0.15) is 13.2 Å². The summed E-state index contributed by atoms with van der Waals surface area (Å²) in [5.74, 6) is 0.634. The summed E-state index contributed by atoms with van der Waals surface area (Å²) in [6.07, 6.45) is -2.78. The second-order valence-electron chi connectivity index (χ2n) is 8.85. The maximum absolute atomic E-state index is 13.9. The van der Waals surface area contributed by atoms with Gasteiger partial charge in [0.2, 0.25) is 0 Å². The molecule has 1 fully saturated rings. The zero-order valence-electron chi connectivity index (χ0n) is 20.5. The van der Waals surface area contributed by atoms with Crippen molar-refractivity contribution < 1.29 is 17.9 Å². The maximum atomic E-state index is 13.9. The molecule has 0 spiro atoms. The molecule has 2 aromatic carbocycles. The summed E-state index contributed by atoms with van der Waals surface area (Å²) in [4.78, 5) is 6.54. The number of alkyl halides is 3. The van der Waals surface area contributed by atoms with E-state index in [0.717, 1.165) is 23.0 Å². The van der Waals surface area contributed by atoms with E-state index in [4.69, 9.17) is 17.0 Å². The van der Waals surface area contributed by atoms with E-state index in [1.54, 1.807) is 23.9 Å². The third-order valence-corrected chi connectivity index (χ3v) is 7.00. The highest BCUT2D eigenvalue weighted by atomic mass is 32.1. The smallest absolute Gasteiger partial charge is 0.418 e. The predicted octanol–water partition coefficient (Wildman–Crippen LogP) is 6.69. The molecule has 5 rings (SSSR count). The summed E-state index contributed by atoms with van der Waals surface area (Å²) in [5.41, 5.74) is 3.13. The third kappa shape index (κ3) is 4.33. The van der Waals surface area contributed by atoms with Crippen molar-refractivity contribution in [3.05, 3.63) is 107 Å². The van der Waals surface area contributed by atoms with Crippen LogP contribution in [0.15, 0.2) is 79.0 Å². The number of aryl methyl sites for hydroxylation is 1. The van der Waals surface area contributed by atoms with Gasteiger partial charge in [-0.3, -0.25) is 4.98 Å². The number of anilines is 1. The molecule has 1 N–H and O–H groups in total. The normalized spacial score (nSPS) is 17.7. The van der Waals surface area contributed by atoms with E-state index in [1.165, 1.54) is 12.1 Å². The molecule has 1 aliphatic rings. The average molecular weight is 523 g/mol. The Kier molecular flexibility index (Phi) is 6.41. The van der Waals surface area contributed by atoms with Crippen molar-refractivity contribution in [1.82, 2.24) is 14.9 Å². The first kappa shape index (κ1) is 24.8. The first-order valence-corrected chi connectivity index (χ1v) is 12.1. The van der Waals surface area contributed by atoms with Gasteiger partial charge in [0, 0.05) is 17.6 Å². The van der Waals surface area contributed by atoms with Crippen molar-refractivity contribution in [2.45, 2.75) is 32.1 Å². The predicted molar refractivity (Wildman–Crippen MR) is 141 cm³/mol. The van der Waals surface area contributed by atoms with Crippen LogP contribution in [0, 0.1) is 13.8 Å². The standard InChI is InChI=1S/C28H25F3N4OS/c1-17-16-19(18(2)34(17)22-12-5-4-10-20(22)28(29,30)31)26-25(21-11-8-9-15-32-21)33-27(37)35(26)23-13-6-7-14-24(23)36-3/h4-16,25-26H,1-3H3,(H,33,37)/t25-,26-/m1/s1. The molecule has 0 saturated carbocycles. The molecule has 0 amide bonds. The lowest BCUT2D eigenvalue weighted by atomic mass is 9.96. The maximum Gasteiger partial charge on any atom is 0.418 e. The minimum absolute atomic E-state index is 0.0861. The van der Waals surface area contributed by atoms with E-state index >= 15 is 0 Å². The number of methoxy groups -OCH3 is 1. The highest BCUT2D eigenvalue weighted by Crippen LogP contribution is 2.46. The quantitative estimate of drug-likeness (QED) is 0.296. The minimum atomic E-state index is -4.49. The fraction of sp³-hybridized carbons (Fsp3) is 0.214. The Labute approximate surface area is 218 Å². The number of pyridine rings is 1. The number of para-hydroxylation sites is 3. The fourth-order valence-electron chi connectivity index (χ4n) is 5.13. The van der Waals surface area contributed by atoms with Gasteiger partial charge in [-0.1, -0.05) is 30.3 Å². The van der Waals surface area contributed by atoms with Gasteiger partial charge < -0.3 is 19.5 Å². The Balaban J connectivity index is 1.73. The van der Waals surface area contributed by atoms with Crippen LogP contribution in [0.3, 0.4) is 0 Å². The molecule has 5 nitrogen and oxygen atoms in total. The molecule has 1 saturated heterocycles. The van der Waals surface area contributed by atoms with Crippen LogP contribution in [0.4, 0.5) is 18.9 Å². The molecule has 1 aliphatic heterocycles. The zero-order chi connectivity index (χ0) is 26.3. The van der Waals surface area contributed by atoms with E-state index < -0.39 is 17.8 Å². The van der Waals surface area contributed by atoms with Crippen LogP contribution in [0.5, 0.6) is 5.75 Å². The van der Waals surface area contributed by atoms with Crippen LogP contribution >= 0.6 is 12.2 Å². The number of hydrogen-bond acceptors (Lipinski definition) is 3. The van der Waals surface area contributed by atoms with E-state index in [9.17, 15) is 13.2 Å².